The SMILES string of the molecule is C[C@H]1[C@H](NC(=O)c2ccc(Sc3ncc(Cl)o3)s2)C2CCN1CC2. The molecule has 0 saturated carbocycles. The van der Waals surface area contributed by atoms with Crippen LogP contribution in [0.15, 0.2) is 32.2 Å². The summed E-state index contributed by atoms with van der Waals surface area (Å²) in [4.78, 5) is 19.9. The number of rotatable bonds is 4. The topological polar surface area (TPSA) is 58.4 Å². The third-order valence-electron chi connectivity index (χ3n) is 4.92. The number of nitrogens with one attached hydrogen (secondary N) is 1. The van der Waals surface area contributed by atoms with Gasteiger partial charge in [0.25, 0.3) is 11.1 Å². The number of amides is 1. The van der Waals surface area contributed by atoms with Gasteiger partial charge in [-0.2, -0.15) is 0 Å². The van der Waals surface area contributed by atoms with E-state index in [-0.39, 0.29) is 17.2 Å². The van der Waals surface area contributed by atoms with Gasteiger partial charge >= 0.3 is 0 Å². The first kappa shape index (κ1) is 16.4. The smallest absolute Gasteiger partial charge is 0.262 e. The number of halogens is 1. The highest BCUT2D eigenvalue weighted by Crippen LogP contribution is 2.35. The van der Waals surface area contributed by atoms with E-state index in [9.17, 15) is 4.79 Å². The van der Waals surface area contributed by atoms with Crippen LogP contribution in [-0.4, -0.2) is 41.0 Å². The predicted octanol–water partition coefficient (Wildman–Crippen LogP) is 3.75. The number of carbonyl (C=O) groups excluding carboxylic acids is 1. The summed E-state index contributed by atoms with van der Waals surface area (Å²) in [6, 6.07) is 4.45. The van der Waals surface area contributed by atoms with Crippen LogP contribution in [0.5, 0.6) is 0 Å². The molecule has 8 heteroatoms. The Labute approximate surface area is 153 Å². The van der Waals surface area contributed by atoms with Crippen molar-refractivity contribution in [2.24, 2.45) is 5.92 Å². The molecule has 3 saturated heterocycles. The molecule has 0 spiro atoms. The molecule has 5 heterocycles. The third-order valence-corrected chi connectivity index (χ3v) is 7.18. The summed E-state index contributed by atoms with van der Waals surface area (Å²) in [5.74, 6) is 0.625. The molecule has 2 atom stereocenters. The fourth-order valence-corrected chi connectivity index (χ4v) is 5.64. The van der Waals surface area contributed by atoms with Gasteiger partial charge in [-0.05, 0) is 74.3 Å². The Morgan fingerprint density at radius 3 is 2.92 bits per heavy atom. The van der Waals surface area contributed by atoms with Crippen molar-refractivity contribution in [1.29, 1.82) is 0 Å². The zero-order valence-corrected chi connectivity index (χ0v) is 15.6. The molecule has 2 bridgehead atoms. The molecule has 3 aliphatic heterocycles. The Hall–Kier alpha value is -1.02. The summed E-state index contributed by atoms with van der Waals surface area (Å²) >= 11 is 8.55. The van der Waals surface area contributed by atoms with Crippen LogP contribution in [0.1, 0.15) is 29.4 Å². The fourth-order valence-electron chi connectivity index (χ4n) is 3.64. The molecule has 3 fully saturated rings. The maximum absolute atomic E-state index is 12.6. The van der Waals surface area contributed by atoms with Gasteiger partial charge in [-0.1, -0.05) is 0 Å². The lowest BCUT2D eigenvalue weighted by Crippen LogP contribution is -2.62. The van der Waals surface area contributed by atoms with Gasteiger partial charge in [0.2, 0.25) is 5.22 Å². The first-order valence-corrected chi connectivity index (χ1v) is 10.0. The molecule has 5 rings (SSSR count). The van der Waals surface area contributed by atoms with E-state index >= 15 is 0 Å². The summed E-state index contributed by atoms with van der Waals surface area (Å²) in [7, 11) is 0. The molecule has 3 aliphatic rings. The van der Waals surface area contributed by atoms with Crippen molar-refractivity contribution < 1.29 is 9.21 Å². The number of piperidine rings is 3. The monoisotopic (exact) mass is 383 g/mol. The van der Waals surface area contributed by atoms with Crippen LogP contribution in [0.3, 0.4) is 0 Å². The van der Waals surface area contributed by atoms with Gasteiger partial charge in [0.1, 0.15) is 0 Å². The van der Waals surface area contributed by atoms with Gasteiger partial charge < -0.3 is 9.73 Å². The quantitative estimate of drug-likeness (QED) is 0.871. The van der Waals surface area contributed by atoms with Crippen LogP contribution >= 0.6 is 34.7 Å². The van der Waals surface area contributed by atoms with Crippen molar-refractivity contribution in [3.05, 3.63) is 28.4 Å². The first-order valence-electron chi connectivity index (χ1n) is 8.04. The van der Waals surface area contributed by atoms with E-state index in [2.05, 4.69) is 22.1 Å². The summed E-state index contributed by atoms with van der Waals surface area (Å²) in [6.45, 7) is 4.55. The molecule has 0 radical (unpaired) electrons. The van der Waals surface area contributed by atoms with E-state index in [1.54, 1.807) is 0 Å². The number of thiophene rings is 1. The highest BCUT2D eigenvalue weighted by atomic mass is 35.5. The van der Waals surface area contributed by atoms with Gasteiger partial charge in [0.15, 0.2) is 0 Å². The maximum Gasteiger partial charge on any atom is 0.262 e. The van der Waals surface area contributed by atoms with Gasteiger partial charge in [-0.15, -0.1) is 11.3 Å². The zero-order valence-electron chi connectivity index (χ0n) is 13.2. The van der Waals surface area contributed by atoms with Crippen LogP contribution < -0.4 is 5.32 Å². The highest BCUT2D eigenvalue weighted by molar-refractivity contribution is 8.01. The van der Waals surface area contributed by atoms with E-state index in [4.69, 9.17) is 16.0 Å². The van der Waals surface area contributed by atoms with Gasteiger partial charge in [-0.25, -0.2) is 4.98 Å². The van der Waals surface area contributed by atoms with Crippen LogP contribution in [0.25, 0.3) is 0 Å². The Balaban J connectivity index is 1.41. The fraction of sp³-hybridized carbons (Fsp3) is 0.500. The second-order valence-corrected chi connectivity index (χ2v) is 8.97. The second-order valence-electron chi connectivity index (χ2n) is 6.26. The average Bonchev–Trinajstić information content (AvgIpc) is 3.21. The Morgan fingerprint density at radius 2 is 2.25 bits per heavy atom. The maximum atomic E-state index is 12.6. The average molecular weight is 384 g/mol. The van der Waals surface area contributed by atoms with Gasteiger partial charge in [-0.3, -0.25) is 9.69 Å². The number of oxazole rings is 1. The van der Waals surface area contributed by atoms with Crippen LogP contribution in [0, 0.1) is 5.92 Å². The van der Waals surface area contributed by atoms with Crippen LogP contribution in [0.4, 0.5) is 0 Å². The van der Waals surface area contributed by atoms with Gasteiger partial charge in [0.05, 0.1) is 15.3 Å². The zero-order chi connectivity index (χ0) is 16.7. The summed E-state index contributed by atoms with van der Waals surface area (Å²) in [5, 5.41) is 4.01. The van der Waals surface area contributed by atoms with E-state index in [0.29, 0.717) is 17.2 Å². The van der Waals surface area contributed by atoms with E-state index in [1.165, 1.54) is 42.1 Å². The Bertz CT molecular complexity index is 737. The minimum atomic E-state index is 0.0166. The molecule has 0 unspecified atom stereocenters. The molecule has 1 amide bonds. The lowest BCUT2D eigenvalue weighted by atomic mass is 9.79. The third kappa shape index (κ3) is 3.22. The second kappa shape index (κ2) is 6.71. The normalized spacial score (nSPS) is 28.9. The van der Waals surface area contributed by atoms with Crippen molar-refractivity contribution in [2.45, 2.75) is 41.3 Å². The summed E-state index contributed by atoms with van der Waals surface area (Å²) < 4.78 is 6.20. The Kier molecular flexibility index (Phi) is 4.60. The molecule has 0 aliphatic carbocycles. The van der Waals surface area contributed by atoms with E-state index < -0.39 is 0 Å². The molecule has 2 aromatic rings. The number of aromatic nitrogens is 1. The van der Waals surface area contributed by atoms with Gasteiger partial charge in [0, 0.05) is 12.1 Å². The number of hydrogen-bond acceptors (Lipinski definition) is 6. The molecule has 5 nitrogen and oxygen atoms in total. The summed E-state index contributed by atoms with van der Waals surface area (Å²) in [5.41, 5.74) is 0. The molecule has 128 valence electrons. The predicted molar refractivity (Wildman–Crippen MR) is 95.0 cm³/mol. The molecular weight excluding hydrogens is 366 g/mol. The lowest BCUT2D eigenvalue weighted by Gasteiger charge is -2.49. The van der Waals surface area contributed by atoms with E-state index in [0.717, 1.165) is 22.2 Å². The molecule has 1 N–H and O–H groups in total. The Morgan fingerprint density at radius 1 is 1.46 bits per heavy atom. The van der Waals surface area contributed by atoms with Crippen molar-refractivity contribution in [2.75, 3.05) is 13.1 Å². The van der Waals surface area contributed by atoms with Crippen molar-refractivity contribution in [3.8, 4) is 0 Å². The molecule has 2 aromatic heterocycles. The highest BCUT2D eigenvalue weighted by Gasteiger charge is 2.40. The number of fused-ring (bicyclic) bond motifs is 3. The summed E-state index contributed by atoms with van der Waals surface area (Å²) in [6.07, 6.45) is 3.84. The number of hydrogen-bond donors (Lipinski definition) is 1. The first-order chi connectivity index (χ1) is 11.6. The molecular formula is C16H18ClN3O2S2. The lowest BCUT2D eigenvalue weighted by molar-refractivity contribution is 0.0218. The minimum absolute atomic E-state index is 0.0166. The van der Waals surface area contributed by atoms with E-state index in [1.807, 2.05) is 12.1 Å². The van der Waals surface area contributed by atoms with Crippen molar-refractivity contribution >= 4 is 40.6 Å². The minimum Gasteiger partial charge on any atom is -0.419 e. The molecule has 0 aromatic carbocycles. The number of carbonyl (C=O) groups is 1. The van der Waals surface area contributed by atoms with Crippen molar-refractivity contribution in [1.82, 2.24) is 15.2 Å². The number of nitrogens with zero attached hydrogens (tertiary/aromatic N) is 2. The van der Waals surface area contributed by atoms with Crippen molar-refractivity contribution in [3.63, 3.8) is 0 Å². The van der Waals surface area contributed by atoms with Crippen LogP contribution in [0.2, 0.25) is 5.22 Å². The van der Waals surface area contributed by atoms with Crippen LogP contribution in [-0.2, 0) is 0 Å². The standard InChI is InChI=1S/C16H18ClN3O2S2/c1-9-14(10-4-6-20(9)7-5-10)19-15(21)11-2-3-13(23-11)24-16-18-8-12(17)22-16/h2-3,8-10,14H,4-7H2,1H3,(H,19,21)/t9-,14-/m0/s1. The molecule has 24 heavy (non-hydrogen) atoms. The largest absolute Gasteiger partial charge is 0.419 e.